The van der Waals surface area contributed by atoms with Crippen LogP contribution in [0.4, 0.5) is 0 Å². The fourth-order valence-corrected chi connectivity index (χ4v) is 1.19. The molecule has 1 rings (SSSR count). The molecule has 0 heterocycles. The van der Waals surface area contributed by atoms with E-state index in [0.29, 0.717) is 0 Å². The van der Waals surface area contributed by atoms with Crippen LogP contribution in [0.25, 0.3) is 0 Å². The van der Waals surface area contributed by atoms with E-state index in [1.54, 1.807) is 0 Å². The Morgan fingerprint density at radius 3 is 1.31 bits per heavy atom. The molecule has 6 nitrogen and oxygen atoms in total. The van der Waals surface area contributed by atoms with Gasteiger partial charge in [0.15, 0.2) is 0 Å². The second-order valence-corrected chi connectivity index (χ2v) is 3.96. The van der Waals surface area contributed by atoms with Gasteiger partial charge < -0.3 is 14.3 Å². The van der Waals surface area contributed by atoms with Crippen molar-refractivity contribution in [1.82, 2.24) is 0 Å². The van der Waals surface area contributed by atoms with Gasteiger partial charge in [0.1, 0.15) is 0 Å². The summed E-state index contributed by atoms with van der Waals surface area (Å²) in [6.07, 6.45) is 4.80. The first-order valence-corrected chi connectivity index (χ1v) is 5.41. The van der Waals surface area contributed by atoms with Crippen LogP contribution in [0.5, 0.6) is 0 Å². The molecule has 0 aromatic rings. The molecule has 0 saturated heterocycles. The topological polar surface area (TPSA) is 127 Å². The van der Waals surface area contributed by atoms with Gasteiger partial charge in [0.05, 0.1) is 0 Å². The van der Waals surface area contributed by atoms with E-state index >= 15 is 0 Å². The maximum absolute atomic E-state index is 8.74. The van der Waals surface area contributed by atoms with Crippen molar-refractivity contribution in [3.05, 3.63) is 0 Å². The first-order valence-electron chi connectivity index (χ1n) is 4.01. The summed E-state index contributed by atoms with van der Waals surface area (Å²) in [5.41, 5.74) is 11.3. The Balaban J connectivity index is -0.0000000332. The second kappa shape index (κ2) is 13.9. The third kappa shape index (κ3) is 21.7. The Kier molecular flexibility index (Phi) is 23.4. The predicted octanol–water partition coefficient (Wildman–Crippen LogP) is -6.21. The molecule has 94 valence electrons. The monoisotopic (exact) mass is 455 g/mol. The molecular formula is C6H18N2Na2O4PtS. The second-order valence-electron chi connectivity index (χ2n) is 3.06. The fraction of sp³-hybridized carbons (Fsp3) is 1.00. The van der Waals surface area contributed by atoms with Crippen LogP contribution in [0, 0.1) is 0 Å². The van der Waals surface area contributed by atoms with Gasteiger partial charge in [-0.15, -0.1) is 0 Å². The molecule has 2 unspecified atom stereocenters. The summed E-state index contributed by atoms with van der Waals surface area (Å²) < 4.78 is 31.6. The maximum atomic E-state index is 8.74. The van der Waals surface area contributed by atoms with Gasteiger partial charge in [-0.25, -0.2) is 0 Å². The molecule has 0 aliphatic heterocycles. The molecule has 0 radical (unpaired) electrons. The van der Waals surface area contributed by atoms with E-state index in [-0.39, 0.29) is 95.1 Å². The first-order chi connectivity index (χ1) is 5.80. The van der Waals surface area contributed by atoms with E-state index in [2.05, 4.69) is 0 Å². The quantitative estimate of drug-likeness (QED) is 0.213. The molecule has 0 aromatic carbocycles. The van der Waals surface area contributed by atoms with E-state index in [1.165, 1.54) is 12.8 Å². The van der Waals surface area contributed by atoms with Crippen LogP contribution in [-0.4, -0.2) is 29.6 Å². The Bertz CT molecular complexity index is 234. The molecule has 2 atom stereocenters. The molecule has 6 N–H and O–H groups in total. The van der Waals surface area contributed by atoms with Crippen LogP contribution >= 0.6 is 0 Å². The van der Waals surface area contributed by atoms with Crippen molar-refractivity contribution in [3.63, 3.8) is 0 Å². The third-order valence-corrected chi connectivity index (χ3v) is 1.87. The van der Waals surface area contributed by atoms with Gasteiger partial charge in [-0.1, -0.05) is 12.8 Å². The van der Waals surface area contributed by atoms with Crippen molar-refractivity contribution >= 4 is 10.4 Å². The molecule has 0 bridgehead atoms. The van der Waals surface area contributed by atoms with E-state index in [4.69, 9.17) is 29.0 Å². The molecule has 0 amide bonds. The van der Waals surface area contributed by atoms with Crippen molar-refractivity contribution in [1.29, 1.82) is 0 Å². The average Bonchev–Trinajstić information content (AvgIpc) is 1.92. The SMILES string of the molecule is NC1CCCCC1N.O=S(=O)(O)O.[H-].[H-].[Na+].[Na+].[Pt]. The van der Waals surface area contributed by atoms with Crippen molar-refractivity contribution < 1.29 is 101 Å². The van der Waals surface area contributed by atoms with E-state index in [1.807, 2.05) is 0 Å². The van der Waals surface area contributed by atoms with Gasteiger partial charge in [0.25, 0.3) is 0 Å². The Labute approximate surface area is 158 Å². The maximum Gasteiger partial charge on any atom is 1.00 e. The van der Waals surface area contributed by atoms with Gasteiger partial charge >= 0.3 is 69.5 Å². The predicted molar refractivity (Wildman–Crippen MR) is 50.8 cm³/mol. The molecule has 1 aliphatic carbocycles. The third-order valence-electron chi connectivity index (χ3n) is 1.87. The summed E-state index contributed by atoms with van der Waals surface area (Å²) in [5.74, 6) is 0. The Hall–Kier alpha value is 2.48. The zero-order valence-electron chi connectivity index (χ0n) is 11.6. The number of hydrogen-bond acceptors (Lipinski definition) is 4. The summed E-state index contributed by atoms with van der Waals surface area (Å²) >= 11 is 0. The van der Waals surface area contributed by atoms with Crippen molar-refractivity contribution in [3.8, 4) is 0 Å². The minimum absolute atomic E-state index is 0. The van der Waals surface area contributed by atoms with Crippen LogP contribution in [0.1, 0.15) is 28.5 Å². The largest absolute Gasteiger partial charge is 1.00 e. The van der Waals surface area contributed by atoms with Crippen LogP contribution in [0.3, 0.4) is 0 Å². The van der Waals surface area contributed by atoms with E-state index in [9.17, 15) is 0 Å². The molecule has 0 spiro atoms. The molecule has 1 fully saturated rings. The summed E-state index contributed by atoms with van der Waals surface area (Å²) in [4.78, 5) is 0. The first kappa shape index (κ1) is 26.9. The number of hydrogen-bond donors (Lipinski definition) is 4. The molecule has 10 heteroatoms. The minimum atomic E-state index is -4.67. The van der Waals surface area contributed by atoms with Gasteiger partial charge in [-0.3, -0.25) is 9.11 Å². The molecule has 1 saturated carbocycles. The van der Waals surface area contributed by atoms with Gasteiger partial charge in [-0.05, 0) is 12.8 Å². The van der Waals surface area contributed by atoms with Crippen molar-refractivity contribution in [2.45, 2.75) is 37.8 Å². The van der Waals surface area contributed by atoms with Crippen LogP contribution < -0.4 is 70.6 Å². The van der Waals surface area contributed by atoms with Crippen molar-refractivity contribution in [2.75, 3.05) is 0 Å². The average molecular weight is 455 g/mol. The molecule has 1 aliphatic rings. The van der Waals surface area contributed by atoms with Crippen LogP contribution in [-0.2, 0) is 31.5 Å². The Morgan fingerprint density at radius 2 is 1.19 bits per heavy atom. The molecule has 16 heavy (non-hydrogen) atoms. The number of nitrogens with two attached hydrogens (primary N) is 2. The summed E-state index contributed by atoms with van der Waals surface area (Å²) in [6.45, 7) is 0. The number of rotatable bonds is 0. The molecular weight excluding hydrogens is 437 g/mol. The Morgan fingerprint density at radius 1 is 1.00 bits per heavy atom. The molecule has 0 aromatic heterocycles. The zero-order valence-corrected chi connectivity index (χ0v) is 16.7. The summed E-state index contributed by atoms with van der Waals surface area (Å²) in [5, 5.41) is 0. The summed E-state index contributed by atoms with van der Waals surface area (Å²) in [6, 6.07) is 0.562. The van der Waals surface area contributed by atoms with Crippen LogP contribution in [0.15, 0.2) is 0 Å². The summed E-state index contributed by atoms with van der Waals surface area (Å²) in [7, 11) is -4.67. The van der Waals surface area contributed by atoms with Gasteiger partial charge in [0.2, 0.25) is 0 Å². The van der Waals surface area contributed by atoms with Gasteiger partial charge in [0, 0.05) is 33.1 Å². The fourth-order valence-electron chi connectivity index (χ4n) is 1.19. The van der Waals surface area contributed by atoms with E-state index in [0.717, 1.165) is 12.8 Å². The minimum Gasteiger partial charge on any atom is -1.00 e. The van der Waals surface area contributed by atoms with Crippen LogP contribution in [0.2, 0.25) is 0 Å². The van der Waals surface area contributed by atoms with Crippen molar-refractivity contribution in [2.24, 2.45) is 11.5 Å². The smallest absolute Gasteiger partial charge is 1.00 e. The van der Waals surface area contributed by atoms with E-state index < -0.39 is 10.4 Å². The standard InChI is InChI=1S/C6H14N2.2Na.H2O4S.Pt.2H/c7-5-3-1-2-4-6(5)8;;;1-5(2,3)4;;;/h5-6H,1-4,7-8H2;;;(H2,1,2,3,4);;;/q;2*+1;;;2*-1. The van der Waals surface area contributed by atoms with Gasteiger partial charge in [-0.2, -0.15) is 8.42 Å². The normalized spacial score (nSPS) is 23.5. The zero-order chi connectivity index (χ0) is 10.5.